The first-order chi connectivity index (χ1) is 10.5. The maximum Gasteiger partial charge on any atom is 0.273 e. The second-order valence-corrected chi connectivity index (χ2v) is 5.82. The van der Waals surface area contributed by atoms with Crippen LogP contribution in [-0.4, -0.2) is 46.2 Å². The Morgan fingerprint density at radius 3 is 3.05 bits per heavy atom. The van der Waals surface area contributed by atoms with Crippen molar-refractivity contribution in [2.24, 2.45) is 0 Å². The first-order valence-corrected chi connectivity index (χ1v) is 7.55. The maximum atomic E-state index is 10.7. The molecule has 0 saturated carbocycles. The highest BCUT2D eigenvalue weighted by Gasteiger charge is 2.12. The average Bonchev–Trinajstić information content (AvgIpc) is 2.98. The van der Waals surface area contributed by atoms with Crippen LogP contribution in [0.25, 0.3) is 0 Å². The minimum atomic E-state index is -0.691. The van der Waals surface area contributed by atoms with Crippen molar-refractivity contribution in [2.75, 3.05) is 20.2 Å². The van der Waals surface area contributed by atoms with Gasteiger partial charge in [-0.15, -0.1) is 11.3 Å². The molecule has 0 aliphatic heterocycles. The number of hydrogen-bond donors (Lipinski definition) is 1. The molecule has 0 radical (unpaired) electrons. The molecule has 118 valence electrons. The highest BCUT2D eigenvalue weighted by Crippen LogP contribution is 2.19. The van der Waals surface area contributed by atoms with Gasteiger partial charge in [0, 0.05) is 24.2 Å². The number of nitro groups is 1. The van der Waals surface area contributed by atoms with E-state index in [0.29, 0.717) is 18.8 Å². The summed E-state index contributed by atoms with van der Waals surface area (Å²) >= 11 is 1.56. The summed E-state index contributed by atoms with van der Waals surface area (Å²) in [5.74, 6) is 0.371. The van der Waals surface area contributed by atoms with Gasteiger partial charge >= 0.3 is 0 Å². The van der Waals surface area contributed by atoms with E-state index in [0.717, 1.165) is 5.01 Å². The van der Waals surface area contributed by atoms with Crippen LogP contribution in [0.1, 0.15) is 5.01 Å². The van der Waals surface area contributed by atoms with Gasteiger partial charge in [-0.2, -0.15) is 0 Å². The van der Waals surface area contributed by atoms with E-state index in [1.807, 2.05) is 17.3 Å². The van der Waals surface area contributed by atoms with E-state index >= 15 is 0 Å². The average molecular weight is 323 g/mol. The minimum absolute atomic E-state index is 0.0344. The van der Waals surface area contributed by atoms with E-state index < -0.39 is 11.0 Å². The number of thiazole rings is 1. The Kier molecular flexibility index (Phi) is 5.82. The number of benzene rings is 1. The Balaban J connectivity index is 1.78. The van der Waals surface area contributed by atoms with E-state index in [9.17, 15) is 15.2 Å². The summed E-state index contributed by atoms with van der Waals surface area (Å²) < 4.78 is 5.40. The van der Waals surface area contributed by atoms with E-state index in [1.54, 1.807) is 29.7 Å². The molecular formula is C14H17N3O4S. The summed E-state index contributed by atoms with van der Waals surface area (Å²) in [5, 5.41) is 23.5. The molecule has 1 N–H and O–H groups in total. The number of nitro benzene ring substituents is 1. The molecule has 0 aliphatic carbocycles. The molecule has 2 aromatic rings. The Hall–Kier alpha value is -2.03. The zero-order valence-electron chi connectivity index (χ0n) is 12.1. The zero-order valence-corrected chi connectivity index (χ0v) is 12.9. The lowest BCUT2D eigenvalue weighted by atomic mass is 10.3. The van der Waals surface area contributed by atoms with Crippen LogP contribution in [0.2, 0.25) is 0 Å². The number of aromatic nitrogens is 1. The lowest BCUT2D eigenvalue weighted by molar-refractivity contribution is -0.384. The predicted octanol–water partition coefficient (Wildman–Crippen LogP) is 1.92. The third-order valence-corrected chi connectivity index (χ3v) is 3.65. The lowest BCUT2D eigenvalue weighted by Crippen LogP contribution is -2.32. The minimum Gasteiger partial charge on any atom is -0.491 e. The van der Waals surface area contributed by atoms with Crippen molar-refractivity contribution in [3.05, 3.63) is 51.0 Å². The topological polar surface area (TPSA) is 88.7 Å². The quantitative estimate of drug-likeness (QED) is 0.590. The van der Waals surface area contributed by atoms with Gasteiger partial charge in [-0.3, -0.25) is 15.0 Å². The summed E-state index contributed by atoms with van der Waals surface area (Å²) in [6.45, 7) is 1.16. The van der Waals surface area contributed by atoms with Crippen molar-refractivity contribution in [3.8, 4) is 5.75 Å². The van der Waals surface area contributed by atoms with Crippen molar-refractivity contribution in [1.29, 1.82) is 0 Å². The number of aliphatic hydroxyl groups is 1. The molecule has 22 heavy (non-hydrogen) atoms. The fourth-order valence-corrected chi connectivity index (χ4v) is 2.61. The number of non-ortho nitro benzene ring substituents is 1. The van der Waals surface area contributed by atoms with Crippen LogP contribution in [0.5, 0.6) is 5.75 Å². The summed E-state index contributed by atoms with van der Waals surface area (Å²) in [7, 11) is 1.89. The Morgan fingerprint density at radius 1 is 1.55 bits per heavy atom. The molecule has 1 aromatic heterocycles. The number of rotatable bonds is 8. The van der Waals surface area contributed by atoms with Crippen LogP contribution in [-0.2, 0) is 6.54 Å². The number of hydrogen-bond acceptors (Lipinski definition) is 7. The molecule has 1 unspecified atom stereocenters. The van der Waals surface area contributed by atoms with Crippen molar-refractivity contribution in [2.45, 2.75) is 12.6 Å². The van der Waals surface area contributed by atoms with Crippen molar-refractivity contribution >= 4 is 17.0 Å². The van der Waals surface area contributed by atoms with Gasteiger partial charge in [-0.1, -0.05) is 6.07 Å². The van der Waals surface area contributed by atoms with E-state index in [4.69, 9.17) is 4.74 Å². The standard InChI is InChI=1S/C14H17N3O4S/c1-16(9-14-15-5-6-22-14)8-12(18)10-21-13-4-2-3-11(7-13)17(19)20/h2-7,12,18H,8-10H2,1H3. The number of nitrogens with zero attached hydrogens (tertiary/aromatic N) is 3. The molecule has 7 nitrogen and oxygen atoms in total. The highest BCUT2D eigenvalue weighted by molar-refractivity contribution is 7.09. The fourth-order valence-electron chi connectivity index (χ4n) is 1.92. The fraction of sp³-hybridized carbons (Fsp3) is 0.357. The monoisotopic (exact) mass is 323 g/mol. The third-order valence-electron chi connectivity index (χ3n) is 2.88. The van der Waals surface area contributed by atoms with Gasteiger partial charge in [0.05, 0.1) is 17.5 Å². The van der Waals surface area contributed by atoms with Crippen LogP contribution in [0.4, 0.5) is 5.69 Å². The molecule has 1 heterocycles. The van der Waals surface area contributed by atoms with Gasteiger partial charge in [0.2, 0.25) is 0 Å². The maximum absolute atomic E-state index is 10.7. The van der Waals surface area contributed by atoms with Crippen LogP contribution >= 0.6 is 11.3 Å². The largest absolute Gasteiger partial charge is 0.491 e. The van der Waals surface area contributed by atoms with Crippen LogP contribution in [0, 0.1) is 10.1 Å². The first kappa shape index (κ1) is 16.3. The highest BCUT2D eigenvalue weighted by atomic mass is 32.1. The molecule has 0 saturated heterocycles. The second-order valence-electron chi connectivity index (χ2n) is 4.84. The molecular weight excluding hydrogens is 306 g/mol. The van der Waals surface area contributed by atoms with Gasteiger partial charge in [-0.25, -0.2) is 4.98 Å². The van der Waals surface area contributed by atoms with Crippen LogP contribution < -0.4 is 4.74 Å². The second kappa shape index (κ2) is 7.83. The normalized spacial score (nSPS) is 12.3. The van der Waals surface area contributed by atoms with Gasteiger partial charge in [-0.05, 0) is 13.1 Å². The SMILES string of the molecule is CN(Cc1nccs1)CC(O)COc1cccc([N+](=O)[O-])c1. The summed E-state index contributed by atoms with van der Waals surface area (Å²) in [6.07, 6.45) is 1.06. The molecule has 1 aromatic carbocycles. The number of aliphatic hydroxyl groups excluding tert-OH is 1. The molecule has 8 heteroatoms. The lowest BCUT2D eigenvalue weighted by Gasteiger charge is -2.19. The zero-order chi connectivity index (χ0) is 15.9. The number of likely N-dealkylation sites (N-methyl/N-ethyl adjacent to an activating group) is 1. The molecule has 2 rings (SSSR count). The third kappa shape index (κ3) is 5.06. The number of ether oxygens (including phenoxy) is 1. The molecule has 0 amide bonds. The summed E-state index contributed by atoms with van der Waals surface area (Å²) in [4.78, 5) is 16.3. The van der Waals surface area contributed by atoms with Gasteiger partial charge in [0.25, 0.3) is 5.69 Å². The Labute approximate surface area is 131 Å². The van der Waals surface area contributed by atoms with Crippen LogP contribution in [0.15, 0.2) is 35.8 Å². The Morgan fingerprint density at radius 2 is 2.36 bits per heavy atom. The smallest absolute Gasteiger partial charge is 0.273 e. The van der Waals surface area contributed by atoms with Crippen LogP contribution in [0.3, 0.4) is 0 Å². The van der Waals surface area contributed by atoms with Gasteiger partial charge < -0.3 is 9.84 Å². The van der Waals surface area contributed by atoms with Crippen molar-refractivity contribution < 1.29 is 14.8 Å². The molecule has 0 fully saturated rings. The van der Waals surface area contributed by atoms with Crippen molar-refractivity contribution in [3.63, 3.8) is 0 Å². The molecule has 0 aliphatic rings. The molecule has 1 atom stereocenters. The first-order valence-electron chi connectivity index (χ1n) is 6.67. The van der Waals surface area contributed by atoms with Gasteiger partial charge in [0.15, 0.2) is 0 Å². The van der Waals surface area contributed by atoms with E-state index in [-0.39, 0.29) is 12.3 Å². The van der Waals surface area contributed by atoms with Gasteiger partial charge in [0.1, 0.15) is 23.5 Å². The molecule has 0 bridgehead atoms. The van der Waals surface area contributed by atoms with E-state index in [1.165, 1.54) is 12.1 Å². The van der Waals surface area contributed by atoms with E-state index in [2.05, 4.69) is 4.98 Å². The Bertz CT molecular complexity index is 606. The van der Waals surface area contributed by atoms with Crippen molar-refractivity contribution in [1.82, 2.24) is 9.88 Å². The summed E-state index contributed by atoms with van der Waals surface area (Å²) in [5.41, 5.74) is -0.0344. The predicted molar refractivity (Wildman–Crippen MR) is 83.0 cm³/mol. The summed E-state index contributed by atoms with van der Waals surface area (Å²) in [6, 6.07) is 5.91. The molecule has 0 spiro atoms.